The van der Waals surface area contributed by atoms with Crippen LogP contribution in [0.4, 0.5) is 16.2 Å². The largest absolute Gasteiger partial charge is 0.364 e. The van der Waals surface area contributed by atoms with Crippen LogP contribution in [-0.4, -0.2) is 26.5 Å². The molecule has 0 bridgehead atoms. The molecule has 0 unspecified atom stereocenters. The van der Waals surface area contributed by atoms with E-state index in [0.717, 1.165) is 17.6 Å². The van der Waals surface area contributed by atoms with Crippen molar-refractivity contribution in [2.45, 2.75) is 13.5 Å². The molecule has 21 heavy (non-hydrogen) atoms. The van der Waals surface area contributed by atoms with Crippen molar-refractivity contribution >= 4 is 22.9 Å². The van der Waals surface area contributed by atoms with Gasteiger partial charge in [0.05, 0.1) is 6.33 Å². The smallest absolute Gasteiger partial charge is 0.226 e. The molecule has 3 rings (SSSR count). The Balaban J connectivity index is 1.84. The van der Waals surface area contributed by atoms with Gasteiger partial charge in [0.2, 0.25) is 5.95 Å². The molecule has 7 heteroatoms. The van der Waals surface area contributed by atoms with Crippen molar-refractivity contribution in [1.29, 1.82) is 0 Å². The fraction of sp³-hybridized carbons (Fsp3) is 0.214. The highest BCUT2D eigenvalue weighted by Gasteiger charge is 2.09. The first-order valence-corrected chi connectivity index (χ1v) is 6.69. The van der Waals surface area contributed by atoms with Crippen LogP contribution in [0, 0.1) is 5.82 Å². The Hall–Kier alpha value is -2.70. The van der Waals surface area contributed by atoms with E-state index in [1.165, 1.54) is 12.1 Å². The summed E-state index contributed by atoms with van der Waals surface area (Å²) in [5.74, 6) is 0.947. The van der Waals surface area contributed by atoms with Gasteiger partial charge in [-0.1, -0.05) is 12.1 Å². The number of nitrogens with one attached hydrogen (secondary N) is 3. The number of halogens is 1. The highest BCUT2D eigenvalue weighted by Crippen LogP contribution is 2.19. The molecule has 0 aliphatic carbocycles. The molecular formula is C14H15FN6. The summed E-state index contributed by atoms with van der Waals surface area (Å²) in [4.78, 5) is 15.9. The number of aromatic nitrogens is 4. The van der Waals surface area contributed by atoms with Crippen LogP contribution in [0.1, 0.15) is 12.5 Å². The van der Waals surface area contributed by atoms with Gasteiger partial charge in [-0.15, -0.1) is 0 Å². The third-order valence-corrected chi connectivity index (χ3v) is 2.99. The Kier molecular flexibility index (Phi) is 3.63. The summed E-state index contributed by atoms with van der Waals surface area (Å²) < 4.78 is 12.9. The van der Waals surface area contributed by atoms with E-state index in [-0.39, 0.29) is 5.82 Å². The third-order valence-electron chi connectivity index (χ3n) is 2.99. The predicted octanol–water partition coefficient (Wildman–Crippen LogP) is 2.54. The normalized spacial score (nSPS) is 10.8. The topological polar surface area (TPSA) is 78.5 Å². The molecule has 0 saturated heterocycles. The van der Waals surface area contributed by atoms with Crippen LogP contribution in [-0.2, 0) is 6.54 Å². The number of hydrogen-bond donors (Lipinski definition) is 3. The Bertz CT molecular complexity index is 737. The highest BCUT2D eigenvalue weighted by molar-refractivity contribution is 5.83. The molecule has 0 saturated carbocycles. The van der Waals surface area contributed by atoms with Gasteiger partial charge in [0.1, 0.15) is 11.3 Å². The lowest BCUT2D eigenvalue weighted by atomic mass is 10.2. The fourth-order valence-electron chi connectivity index (χ4n) is 1.99. The second-order valence-corrected chi connectivity index (χ2v) is 4.51. The number of anilines is 2. The maximum absolute atomic E-state index is 12.9. The molecule has 0 aliphatic heterocycles. The predicted molar refractivity (Wildman–Crippen MR) is 79.6 cm³/mol. The standard InChI is InChI=1S/C14H15FN6/c1-2-16-14-20-12(11-13(21-14)19-8-18-11)17-7-9-3-5-10(15)6-4-9/h3-6,8H,2,7H2,1H3,(H3,16,17,18,19,20,21). The SMILES string of the molecule is CCNc1nc(NCc2ccc(F)cc2)c2[nH]cnc2n1. The second kappa shape index (κ2) is 5.74. The van der Waals surface area contributed by atoms with E-state index >= 15 is 0 Å². The third kappa shape index (κ3) is 2.91. The first-order valence-electron chi connectivity index (χ1n) is 6.69. The quantitative estimate of drug-likeness (QED) is 0.671. The van der Waals surface area contributed by atoms with Crippen molar-refractivity contribution < 1.29 is 4.39 Å². The molecule has 0 fully saturated rings. The first-order chi connectivity index (χ1) is 10.3. The second-order valence-electron chi connectivity index (χ2n) is 4.51. The van der Waals surface area contributed by atoms with Gasteiger partial charge in [-0.25, -0.2) is 9.37 Å². The number of benzene rings is 1. The number of aromatic amines is 1. The van der Waals surface area contributed by atoms with E-state index in [9.17, 15) is 4.39 Å². The molecule has 0 spiro atoms. The molecule has 0 aliphatic rings. The summed E-state index contributed by atoms with van der Waals surface area (Å²) >= 11 is 0. The van der Waals surface area contributed by atoms with Gasteiger partial charge in [-0.3, -0.25) is 0 Å². The van der Waals surface area contributed by atoms with Gasteiger partial charge in [-0.2, -0.15) is 9.97 Å². The lowest BCUT2D eigenvalue weighted by Crippen LogP contribution is -2.07. The highest BCUT2D eigenvalue weighted by atomic mass is 19.1. The van der Waals surface area contributed by atoms with E-state index in [1.807, 2.05) is 6.92 Å². The van der Waals surface area contributed by atoms with E-state index in [4.69, 9.17) is 0 Å². The summed E-state index contributed by atoms with van der Waals surface area (Å²) in [5.41, 5.74) is 2.31. The van der Waals surface area contributed by atoms with Crippen LogP contribution in [0.15, 0.2) is 30.6 Å². The zero-order chi connectivity index (χ0) is 14.7. The van der Waals surface area contributed by atoms with Crippen molar-refractivity contribution in [3.8, 4) is 0 Å². The Morgan fingerprint density at radius 3 is 2.71 bits per heavy atom. The van der Waals surface area contributed by atoms with E-state index in [0.29, 0.717) is 24.0 Å². The lowest BCUT2D eigenvalue weighted by Gasteiger charge is -2.09. The summed E-state index contributed by atoms with van der Waals surface area (Å²) in [6.07, 6.45) is 1.58. The van der Waals surface area contributed by atoms with Gasteiger partial charge in [0, 0.05) is 13.1 Å². The Labute approximate surface area is 120 Å². The molecule has 2 aromatic heterocycles. The van der Waals surface area contributed by atoms with E-state index < -0.39 is 0 Å². The zero-order valence-electron chi connectivity index (χ0n) is 11.5. The summed E-state index contributed by atoms with van der Waals surface area (Å²) in [7, 11) is 0. The van der Waals surface area contributed by atoms with Gasteiger partial charge in [0.15, 0.2) is 11.5 Å². The lowest BCUT2D eigenvalue weighted by molar-refractivity contribution is 0.627. The first kappa shape index (κ1) is 13.3. The van der Waals surface area contributed by atoms with Gasteiger partial charge < -0.3 is 15.6 Å². The van der Waals surface area contributed by atoms with Crippen LogP contribution >= 0.6 is 0 Å². The molecule has 6 nitrogen and oxygen atoms in total. The minimum atomic E-state index is -0.244. The van der Waals surface area contributed by atoms with Crippen LogP contribution < -0.4 is 10.6 Å². The van der Waals surface area contributed by atoms with Crippen molar-refractivity contribution in [2.75, 3.05) is 17.2 Å². The van der Waals surface area contributed by atoms with Crippen molar-refractivity contribution in [3.63, 3.8) is 0 Å². The minimum absolute atomic E-state index is 0.244. The fourth-order valence-corrected chi connectivity index (χ4v) is 1.99. The summed E-state index contributed by atoms with van der Waals surface area (Å²) in [5, 5.41) is 6.29. The monoisotopic (exact) mass is 286 g/mol. The van der Waals surface area contributed by atoms with Crippen molar-refractivity contribution in [2.24, 2.45) is 0 Å². The molecule has 3 N–H and O–H groups in total. The average Bonchev–Trinajstić information content (AvgIpc) is 2.95. The number of imidazole rings is 1. The molecule has 3 aromatic rings. The number of H-pyrrole nitrogens is 1. The molecule has 2 heterocycles. The van der Waals surface area contributed by atoms with Crippen LogP contribution in [0.3, 0.4) is 0 Å². The minimum Gasteiger partial charge on any atom is -0.364 e. The molecule has 0 amide bonds. The molecule has 1 aromatic carbocycles. The number of nitrogens with zero attached hydrogens (tertiary/aromatic N) is 3. The Morgan fingerprint density at radius 2 is 1.95 bits per heavy atom. The van der Waals surface area contributed by atoms with E-state index in [1.54, 1.807) is 18.5 Å². The number of rotatable bonds is 5. The number of hydrogen-bond acceptors (Lipinski definition) is 5. The molecule has 108 valence electrons. The van der Waals surface area contributed by atoms with E-state index in [2.05, 4.69) is 30.6 Å². The van der Waals surface area contributed by atoms with Crippen LogP contribution in [0.5, 0.6) is 0 Å². The Morgan fingerprint density at radius 1 is 1.14 bits per heavy atom. The van der Waals surface area contributed by atoms with Crippen molar-refractivity contribution in [3.05, 3.63) is 42.0 Å². The zero-order valence-corrected chi connectivity index (χ0v) is 11.5. The van der Waals surface area contributed by atoms with Crippen LogP contribution in [0.25, 0.3) is 11.2 Å². The maximum Gasteiger partial charge on any atom is 0.226 e. The van der Waals surface area contributed by atoms with Crippen molar-refractivity contribution in [1.82, 2.24) is 19.9 Å². The maximum atomic E-state index is 12.9. The van der Waals surface area contributed by atoms with Gasteiger partial charge in [0.25, 0.3) is 0 Å². The molecule has 0 atom stereocenters. The summed E-state index contributed by atoms with van der Waals surface area (Å²) in [6, 6.07) is 6.34. The van der Waals surface area contributed by atoms with Crippen LogP contribution in [0.2, 0.25) is 0 Å². The van der Waals surface area contributed by atoms with Gasteiger partial charge in [-0.05, 0) is 24.6 Å². The van der Waals surface area contributed by atoms with Gasteiger partial charge >= 0.3 is 0 Å². The average molecular weight is 286 g/mol. The molecular weight excluding hydrogens is 271 g/mol. The summed E-state index contributed by atoms with van der Waals surface area (Å²) in [6.45, 7) is 3.24. The number of fused-ring (bicyclic) bond motifs is 1. The molecule has 0 radical (unpaired) electrons.